The summed E-state index contributed by atoms with van der Waals surface area (Å²) in [6.45, 7) is 12.1. The third-order valence-corrected chi connectivity index (χ3v) is 12.3. The van der Waals surface area contributed by atoms with Crippen LogP contribution in [0, 0.1) is 5.41 Å². The van der Waals surface area contributed by atoms with Gasteiger partial charge >= 0.3 is 24.0 Å². The Morgan fingerprint density at radius 1 is 0.724 bits per heavy atom. The smallest absolute Gasteiger partial charge is 0.410 e. The van der Waals surface area contributed by atoms with Crippen LogP contribution < -0.4 is 0 Å². The Hall–Kier alpha value is -5.00. The van der Waals surface area contributed by atoms with Crippen molar-refractivity contribution in [3.05, 3.63) is 83.1 Å². The summed E-state index contributed by atoms with van der Waals surface area (Å²) in [7, 11) is 0. The average Bonchev–Trinajstić information content (AvgIpc) is 3.64. The van der Waals surface area contributed by atoms with E-state index in [4.69, 9.17) is 14.5 Å². The molecule has 8 nitrogen and oxygen atoms in total. The minimum absolute atomic E-state index is 0.0557. The van der Waals surface area contributed by atoms with Crippen LogP contribution in [0.4, 0.5) is 32.8 Å². The molecular weight excluding hydrogens is 749 g/mol. The molecule has 4 heterocycles. The largest absolute Gasteiger partial charge is 0.444 e. The molecule has 0 aromatic heterocycles. The number of ether oxygens (including phenoxy) is 2. The Labute approximate surface area is 336 Å². The van der Waals surface area contributed by atoms with E-state index in [-0.39, 0.29) is 34.7 Å². The highest BCUT2D eigenvalue weighted by atomic mass is 19.3. The van der Waals surface area contributed by atoms with Crippen LogP contribution in [0.5, 0.6) is 0 Å². The van der Waals surface area contributed by atoms with Crippen molar-refractivity contribution in [2.45, 2.75) is 122 Å². The number of allylic oxidation sites excluding steroid dienone is 1. The molecule has 2 atom stereocenters. The Morgan fingerprint density at radius 3 is 1.95 bits per heavy atom. The second-order valence-electron chi connectivity index (χ2n) is 18.9. The van der Waals surface area contributed by atoms with Crippen molar-refractivity contribution in [1.82, 2.24) is 9.80 Å². The lowest BCUT2D eigenvalue weighted by molar-refractivity contribution is -0.225. The van der Waals surface area contributed by atoms with Crippen LogP contribution in [0.15, 0.2) is 70.8 Å². The number of amides is 2. The number of hydrogen-bond acceptors (Lipinski definition) is 6. The number of fused-ring (bicyclic) bond motifs is 4. The van der Waals surface area contributed by atoms with Gasteiger partial charge in [0.25, 0.3) is 0 Å². The molecule has 6 aliphatic rings. The summed E-state index contributed by atoms with van der Waals surface area (Å²) >= 11 is 0. The molecule has 3 aromatic rings. The maximum Gasteiger partial charge on any atom is 0.410 e. The second-order valence-corrected chi connectivity index (χ2v) is 18.9. The molecule has 1 saturated carbocycles. The van der Waals surface area contributed by atoms with Crippen LogP contribution in [-0.4, -0.2) is 69.8 Å². The average molecular weight is 797 g/mol. The Bertz CT molecular complexity index is 2350. The van der Waals surface area contributed by atoms with E-state index in [9.17, 15) is 9.59 Å². The van der Waals surface area contributed by atoms with Crippen molar-refractivity contribution in [3.63, 3.8) is 0 Å². The van der Waals surface area contributed by atoms with Gasteiger partial charge in [-0.05, 0) is 142 Å². The van der Waals surface area contributed by atoms with Crippen molar-refractivity contribution in [1.29, 1.82) is 0 Å². The fourth-order valence-corrected chi connectivity index (χ4v) is 9.28. The van der Waals surface area contributed by atoms with Crippen LogP contribution in [0.3, 0.4) is 0 Å². The molecule has 2 aliphatic carbocycles. The molecule has 0 unspecified atom stereocenters. The second kappa shape index (κ2) is 13.0. The van der Waals surface area contributed by atoms with Gasteiger partial charge in [0.2, 0.25) is 0 Å². The number of carbonyl (C=O) groups is 2. The van der Waals surface area contributed by atoms with Gasteiger partial charge in [0.05, 0.1) is 17.8 Å². The Kier molecular flexibility index (Phi) is 8.63. The van der Waals surface area contributed by atoms with Crippen LogP contribution in [0.25, 0.3) is 27.8 Å². The standard InChI is InChI=1S/C46H48F4N4O4/c1-42(2,3)57-40(55)53-17-7-8-38(53)37-21-29-18-26(11-14-35(29)52-37)27-9-12-31-32-13-10-28(20-34(32)46(49,50)45(47,48)33(31)19-27)30-22-36(51-24-30)39-23-44(15-16-44)25-54(39)41(56)58-43(4,5)6/h9-14,18-20,24,38-39H,7-8,15-17,21-23,25H2,1-6H3/t38-,39-/m0/s1. The number of halogens is 4. The summed E-state index contributed by atoms with van der Waals surface area (Å²) in [5.41, 5.74) is 2.65. The SMILES string of the molecule is CC(C)(C)OC(=O)N1CC2(CC2)C[C@H]1C1=NC=C(c2ccc3c(c2)C(F)(F)C(F)(F)c2cc(-c4ccc5c(c4)CC([C@@H]4CCCN4C(=O)OC(C)(C)C)=N5)ccc2-3)C1. The van der Waals surface area contributed by atoms with Gasteiger partial charge in [0.1, 0.15) is 11.2 Å². The molecule has 304 valence electrons. The van der Waals surface area contributed by atoms with E-state index in [0.717, 1.165) is 54.8 Å². The summed E-state index contributed by atoms with van der Waals surface area (Å²) in [6, 6.07) is 13.7. The lowest BCUT2D eigenvalue weighted by Crippen LogP contribution is -2.43. The lowest BCUT2D eigenvalue weighted by atomic mass is 9.78. The number of benzene rings is 3. The monoisotopic (exact) mass is 796 g/mol. The van der Waals surface area contributed by atoms with Gasteiger partial charge in [-0.2, -0.15) is 17.6 Å². The highest BCUT2D eigenvalue weighted by Gasteiger charge is 2.63. The minimum Gasteiger partial charge on any atom is -0.444 e. The summed E-state index contributed by atoms with van der Waals surface area (Å²) in [4.78, 5) is 39.1. The third-order valence-electron chi connectivity index (χ3n) is 12.3. The summed E-state index contributed by atoms with van der Waals surface area (Å²) in [5, 5.41) is 0. The molecule has 0 N–H and O–H groups in total. The van der Waals surface area contributed by atoms with Crippen LogP contribution in [0.1, 0.15) is 102 Å². The van der Waals surface area contributed by atoms with Crippen LogP contribution >= 0.6 is 0 Å². The van der Waals surface area contributed by atoms with Crippen molar-refractivity contribution in [2.24, 2.45) is 15.4 Å². The van der Waals surface area contributed by atoms with Crippen molar-refractivity contribution < 1.29 is 36.6 Å². The molecule has 0 bridgehead atoms. The number of rotatable bonds is 4. The van der Waals surface area contributed by atoms with Crippen molar-refractivity contribution in [2.75, 3.05) is 13.1 Å². The molecule has 58 heavy (non-hydrogen) atoms. The topological polar surface area (TPSA) is 83.8 Å². The predicted octanol–water partition coefficient (Wildman–Crippen LogP) is 11.2. The first-order valence-electron chi connectivity index (χ1n) is 20.2. The van der Waals surface area contributed by atoms with Crippen LogP contribution in [0.2, 0.25) is 0 Å². The van der Waals surface area contributed by atoms with E-state index >= 15 is 17.6 Å². The number of alkyl halides is 4. The molecule has 0 radical (unpaired) electrons. The van der Waals surface area contributed by atoms with Gasteiger partial charge in [-0.15, -0.1) is 0 Å². The molecule has 9 rings (SSSR count). The normalized spacial score (nSPS) is 23.5. The fraction of sp³-hybridized carbons (Fsp3) is 0.478. The number of aliphatic imine (C=N–C) groups is 2. The number of nitrogens with zero attached hydrogens (tertiary/aromatic N) is 4. The van der Waals surface area contributed by atoms with Gasteiger partial charge < -0.3 is 9.47 Å². The quantitative estimate of drug-likeness (QED) is 0.246. The van der Waals surface area contributed by atoms with E-state index in [1.807, 2.05) is 53.7 Å². The lowest BCUT2D eigenvalue weighted by Gasteiger charge is -2.35. The van der Waals surface area contributed by atoms with Crippen molar-refractivity contribution >= 4 is 34.9 Å². The molecule has 3 aromatic carbocycles. The van der Waals surface area contributed by atoms with Crippen LogP contribution in [-0.2, 0) is 27.7 Å². The molecule has 1 spiro atoms. The molecular formula is C46H48F4N4O4. The molecule has 4 aliphatic heterocycles. The first-order chi connectivity index (χ1) is 27.2. The zero-order valence-electron chi connectivity index (χ0n) is 33.7. The Morgan fingerprint density at radius 2 is 1.31 bits per heavy atom. The van der Waals surface area contributed by atoms with E-state index in [1.54, 1.807) is 34.2 Å². The van der Waals surface area contributed by atoms with Gasteiger partial charge in [-0.25, -0.2) is 9.59 Å². The Balaban J connectivity index is 0.947. The summed E-state index contributed by atoms with van der Waals surface area (Å²) in [6.07, 6.45) is 6.02. The number of likely N-dealkylation sites (tertiary alicyclic amines) is 2. The maximum absolute atomic E-state index is 16.2. The first-order valence-corrected chi connectivity index (χ1v) is 20.2. The van der Waals surface area contributed by atoms with Gasteiger partial charge in [-0.1, -0.05) is 30.3 Å². The van der Waals surface area contributed by atoms with E-state index in [1.165, 1.54) is 24.3 Å². The first kappa shape index (κ1) is 38.5. The molecule has 2 amide bonds. The number of hydrogen-bond donors (Lipinski definition) is 0. The van der Waals surface area contributed by atoms with E-state index < -0.39 is 40.3 Å². The zero-order chi connectivity index (χ0) is 41.2. The zero-order valence-corrected chi connectivity index (χ0v) is 33.7. The summed E-state index contributed by atoms with van der Waals surface area (Å²) in [5.74, 6) is -8.99. The predicted molar refractivity (Wildman–Crippen MR) is 215 cm³/mol. The summed E-state index contributed by atoms with van der Waals surface area (Å²) < 4.78 is 76.1. The molecule has 12 heteroatoms. The minimum atomic E-state index is -4.49. The molecule has 3 fully saturated rings. The van der Waals surface area contributed by atoms with Gasteiger partial charge in [0.15, 0.2) is 0 Å². The van der Waals surface area contributed by atoms with Crippen molar-refractivity contribution in [3.8, 4) is 22.3 Å². The highest BCUT2D eigenvalue weighted by Crippen LogP contribution is 2.59. The highest BCUT2D eigenvalue weighted by molar-refractivity contribution is 6.03. The molecule has 2 saturated heterocycles. The van der Waals surface area contributed by atoms with E-state index in [0.29, 0.717) is 48.2 Å². The van der Waals surface area contributed by atoms with E-state index in [2.05, 4.69) is 4.99 Å². The number of carbonyl (C=O) groups excluding carboxylic acids is 2. The van der Waals surface area contributed by atoms with Gasteiger partial charge in [0, 0.05) is 54.7 Å². The fourth-order valence-electron chi connectivity index (χ4n) is 9.28. The third kappa shape index (κ3) is 6.60. The maximum atomic E-state index is 16.2. The van der Waals surface area contributed by atoms with Gasteiger partial charge in [-0.3, -0.25) is 19.8 Å².